The number of carbonyl (C=O) groups excluding carboxylic acids is 1. The molecule has 23 heavy (non-hydrogen) atoms. The fourth-order valence-electron chi connectivity index (χ4n) is 2.20. The van der Waals surface area contributed by atoms with E-state index in [0.29, 0.717) is 22.0 Å². The molecule has 0 aliphatic heterocycles. The lowest BCUT2D eigenvalue weighted by Crippen LogP contribution is -2.44. The van der Waals surface area contributed by atoms with Gasteiger partial charge in [-0.2, -0.15) is 0 Å². The number of carboxylic acid groups (broad SMARTS) is 1. The second-order valence-corrected chi connectivity index (χ2v) is 5.88. The molecule has 0 radical (unpaired) electrons. The van der Waals surface area contributed by atoms with E-state index in [1.54, 1.807) is 45.0 Å². The van der Waals surface area contributed by atoms with Crippen molar-refractivity contribution in [2.24, 2.45) is 5.92 Å². The van der Waals surface area contributed by atoms with E-state index >= 15 is 0 Å². The molecule has 7 heteroatoms. The van der Waals surface area contributed by atoms with Crippen molar-refractivity contribution in [1.82, 2.24) is 10.5 Å². The van der Waals surface area contributed by atoms with Gasteiger partial charge in [-0.1, -0.05) is 48.8 Å². The zero-order valence-electron chi connectivity index (χ0n) is 13.0. The van der Waals surface area contributed by atoms with Crippen LogP contribution in [0.5, 0.6) is 0 Å². The molecule has 1 aromatic heterocycles. The van der Waals surface area contributed by atoms with Gasteiger partial charge in [0.1, 0.15) is 23.1 Å². The number of nitrogens with one attached hydrogen (secondary N) is 1. The van der Waals surface area contributed by atoms with Gasteiger partial charge in [-0.05, 0) is 18.9 Å². The molecule has 0 bridgehead atoms. The first-order valence-corrected chi connectivity index (χ1v) is 7.45. The Labute approximate surface area is 138 Å². The molecule has 0 aliphatic rings. The number of benzene rings is 1. The van der Waals surface area contributed by atoms with Crippen LogP contribution in [0.3, 0.4) is 0 Å². The first kappa shape index (κ1) is 17.0. The molecule has 1 heterocycles. The molecule has 0 saturated carbocycles. The summed E-state index contributed by atoms with van der Waals surface area (Å²) in [5.74, 6) is -1.62. The summed E-state index contributed by atoms with van der Waals surface area (Å²) in [5, 5.41) is 16.0. The van der Waals surface area contributed by atoms with Crippen molar-refractivity contribution < 1.29 is 19.2 Å². The number of aliphatic carboxylic acids is 1. The number of hydrogen-bond donors (Lipinski definition) is 2. The maximum Gasteiger partial charge on any atom is 0.326 e. The molecule has 1 amide bonds. The largest absolute Gasteiger partial charge is 0.480 e. The minimum absolute atomic E-state index is 0.185. The van der Waals surface area contributed by atoms with E-state index in [1.807, 2.05) is 0 Å². The molecule has 2 N–H and O–H groups in total. The van der Waals surface area contributed by atoms with E-state index in [9.17, 15) is 14.7 Å². The van der Waals surface area contributed by atoms with Crippen LogP contribution in [0.1, 0.15) is 30.0 Å². The van der Waals surface area contributed by atoms with Gasteiger partial charge in [0.05, 0.1) is 5.02 Å². The van der Waals surface area contributed by atoms with Crippen LogP contribution in [-0.2, 0) is 4.79 Å². The maximum atomic E-state index is 12.5. The number of aryl methyl sites for hydroxylation is 1. The third-order valence-corrected chi connectivity index (χ3v) is 3.77. The Hall–Kier alpha value is -2.34. The molecule has 0 unspecified atom stereocenters. The summed E-state index contributed by atoms with van der Waals surface area (Å²) in [5.41, 5.74) is 1.02. The van der Waals surface area contributed by atoms with Gasteiger partial charge in [-0.15, -0.1) is 0 Å². The molecule has 0 saturated heterocycles. The Morgan fingerprint density at radius 3 is 2.52 bits per heavy atom. The Bertz CT molecular complexity index is 739. The molecule has 122 valence electrons. The van der Waals surface area contributed by atoms with Gasteiger partial charge in [-0.25, -0.2) is 4.79 Å². The number of carboxylic acids is 1. The van der Waals surface area contributed by atoms with Crippen LogP contribution < -0.4 is 5.32 Å². The molecule has 2 rings (SSSR count). The Morgan fingerprint density at radius 2 is 1.96 bits per heavy atom. The lowest BCUT2D eigenvalue weighted by Gasteiger charge is -2.17. The highest BCUT2D eigenvalue weighted by Gasteiger charge is 2.28. The number of aromatic nitrogens is 1. The molecule has 0 aliphatic carbocycles. The fraction of sp³-hybridized carbons (Fsp3) is 0.312. The van der Waals surface area contributed by atoms with Crippen molar-refractivity contribution in [3.8, 4) is 11.3 Å². The van der Waals surface area contributed by atoms with Gasteiger partial charge in [0, 0.05) is 5.56 Å². The van der Waals surface area contributed by atoms with Crippen molar-refractivity contribution >= 4 is 23.5 Å². The third kappa shape index (κ3) is 3.53. The average Bonchev–Trinajstić information content (AvgIpc) is 2.86. The van der Waals surface area contributed by atoms with Gasteiger partial charge in [0.15, 0.2) is 0 Å². The van der Waals surface area contributed by atoms with Crippen molar-refractivity contribution in [1.29, 1.82) is 0 Å². The van der Waals surface area contributed by atoms with Crippen molar-refractivity contribution in [2.45, 2.75) is 26.8 Å². The van der Waals surface area contributed by atoms with E-state index in [-0.39, 0.29) is 11.5 Å². The van der Waals surface area contributed by atoms with Crippen LogP contribution in [0, 0.1) is 12.8 Å². The predicted octanol–water partition coefficient (Wildman–Crippen LogP) is 3.14. The van der Waals surface area contributed by atoms with E-state index in [4.69, 9.17) is 16.1 Å². The zero-order valence-corrected chi connectivity index (χ0v) is 13.7. The highest BCUT2D eigenvalue weighted by molar-refractivity contribution is 6.33. The number of halogens is 1. The van der Waals surface area contributed by atoms with E-state index in [1.165, 1.54) is 0 Å². The quantitative estimate of drug-likeness (QED) is 0.875. The highest BCUT2D eigenvalue weighted by Crippen LogP contribution is 2.31. The van der Waals surface area contributed by atoms with E-state index in [2.05, 4.69) is 10.5 Å². The summed E-state index contributed by atoms with van der Waals surface area (Å²) in [6.45, 7) is 5.02. The number of rotatable bonds is 5. The van der Waals surface area contributed by atoms with Gasteiger partial charge < -0.3 is 14.9 Å². The van der Waals surface area contributed by atoms with Gasteiger partial charge in [-0.3, -0.25) is 4.79 Å². The SMILES string of the molecule is Cc1onc(-c2ccccc2Cl)c1C(=O)N[C@H](C(=O)O)C(C)C. The number of amides is 1. The second-order valence-electron chi connectivity index (χ2n) is 5.48. The van der Waals surface area contributed by atoms with Crippen LogP contribution in [-0.4, -0.2) is 28.2 Å². The van der Waals surface area contributed by atoms with Gasteiger partial charge >= 0.3 is 5.97 Å². The van der Waals surface area contributed by atoms with E-state index < -0.39 is 17.9 Å². The average molecular weight is 337 g/mol. The first-order chi connectivity index (χ1) is 10.8. The summed E-state index contributed by atoms with van der Waals surface area (Å²) >= 11 is 6.14. The molecular weight excluding hydrogens is 320 g/mol. The summed E-state index contributed by atoms with van der Waals surface area (Å²) in [6, 6.07) is 5.92. The minimum Gasteiger partial charge on any atom is -0.480 e. The Morgan fingerprint density at radius 1 is 1.30 bits per heavy atom. The fourth-order valence-corrected chi connectivity index (χ4v) is 2.43. The summed E-state index contributed by atoms with van der Waals surface area (Å²) in [7, 11) is 0. The first-order valence-electron chi connectivity index (χ1n) is 7.07. The van der Waals surface area contributed by atoms with Crippen LogP contribution in [0.15, 0.2) is 28.8 Å². The monoisotopic (exact) mass is 336 g/mol. The summed E-state index contributed by atoms with van der Waals surface area (Å²) < 4.78 is 5.11. The number of hydrogen-bond acceptors (Lipinski definition) is 4. The van der Waals surface area contributed by atoms with Crippen molar-refractivity contribution in [3.63, 3.8) is 0 Å². The van der Waals surface area contributed by atoms with Crippen LogP contribution in [0.4, 0.5) is 0 Å². The van der Waals surface area contributed by atoms with Crippen molar-refractivity contribution in [2.75, 3.05) is 0 Å². The lowest BCUT2D eigenvalue weighted by molar-refractivity contribution is -0.140. The molecule has 0 fully saturated rings. The van der Waals surface area contributed by atoms with Crippen LogP contribution in [0.25, 0.3) is 11.3 Å². The van der Waals surface area contributed by atoms with E-state index in [0.717, 1.165) is 0 Å². The highest BCUT2D eigenvalue weighted by atomic mass is 35.5. The number of nitrogens with zero attached hydrogens (tertiary/aromatic N) is 1. The lowest BCUT2D eigenvalue weighted by atomic mass is 10.0. The summed E-state index contributed by atoms with van der Waals surface area (Å²) in [6.07, 6.45) is 0. The topological polar surface area (TPSA) is 92.4 Å². The van der Waals surface area contributed by atoms with Crippen molar-refractivity contribution in [3.05, 3.63) is 40.6 Å². The van der Waals surface area contributed by atoms with Gasteiger partial charge in [0.2, 0.25) is 0 Å². The molecular formula is C16H17ClN2O4. The normalized spacial score (nSPS) is 12.2. The van der Waals surface area contributed by atoms with Crippen LogP contribution in [0.2, 0.25) is 5.02 Å². The Balaban J connectivity index is 2.41. The molecule has 1 atom stereocenters. The smallest absolute Gasteiger partial charge is 0.326 e. The predicted molar refractivity (Wildman–Crippen MR) is 85.4 cm³/mol. The Kier molecular flexibility index (Phi) is 5.05. The third-order valence-electron chi connectivity index (χ3n) is 3.44. The van der Waals surface area contributed by atoms with Gasteiger partial charge in [0.25, 0.3) is 5.91 Å². The molecule has 2 aromatic rings. The molecule has 0 spiro atoms. The molecule has 1 aromatic carbocycles. The summed E-state index contributed by atoms with van der Waals surface area (Å²) in [4.78, 5) is 23.8. The standard InChI is InChI=1S/C16H17ClN2O4/c1-8(2)13(16(21)22)18-15(20)12-9(3)23-19-14(12)10-6-4-5-7-11(10)17/h4-8,13H,1-3H3,(H,18,20)(H,21,22)/t13-/m0/s1. The maximum absolute atomic E-state index is 12.5. The molecule has 6 nitrogen and oxygen atoms in total. The zero-order chi connectivity index (χ0) is 17.1. The second kappa shape index (κ2) is 6.83. The van der Waals surface area contributed by atoms with Crippen LogP contribution >= 0.6 is 11.6 Å². The minimum atomic E-state index is -1.10. The number of carbonyl (C=O) groups is 2.